The van der Waals surface area contributed by atoms with E-state index in [9.17, 15) is 17.2 Å². The van der Waals surface area contributed by atoms with Crippen molar-refractivity contribution < 1.29 is 21.9 Å². The van der Waals surface area contributed by atoms with Gasteiger partial charge in [-0.15, -0.1) is 0 Å². The van der Waals surface area contributed by atoms with Crippen LogP contribution in [0.25, 0.3) is 0 Å². The third-order valence-electron chi connectivity index (χ3n) is 6.90. The van der Waals surface area contributed by atoms with Crippen molar-refractivity contribution in [3.05, 3.63) is 23.5 Å². The second kappa shape index (κ2) is 6.17. The Hall–Kier alpha value is -1.16. The molecule has 0 bridgehead atoms. The molecule has 0 radical (unpaired) electrons. The Morgan fingerprint density at radius 2 is 1.86 bits per heavy atom. The third-order valence-corrected chi connectivity index (χ3v) is 8.77. The number of nitrogens with zero attached hydrogens (tertiary/aromatic N) is 3. The smallest absolute Gasteiger partial charge is 0.280 e. The van der Waals surface area contributed by atoms with Gasteiger partial charge < -0.3 is 4.74 Å². The van der Waals surface area contributed by atoms with Gasteiger partial charge >= 0.3 is 0 Å². The Morgan fingerprint density at radius 1 is 1.18 bits per heavy atom. The van der Waals surface area contributed by atoms with E-state index in [0.717, 1.165) is 32.4 Å². The summed E-state index contributed by atoms with van der Waals surface area (Å²) in [6.07, 6.45) is 0.00217. The molecular weight excluding hydrogens is 388 g/mol. The summed E-state index contributed by atoms with van der Waals surface area (Å²) in [7, 11) is -3.69. The van der Waals surface area contributed by atoms with E-state index in [1.165, 1.54) is 23.2 Å². The average molecular weight is 413 g/mol. The molecule has 4 heterocycles. The number of hydrogen-bond donors (Lipinski definition) is 0. The molecule has 28 heavy (non-hydrogen) atoms. The highest BCUT2D eigenvalue weighted by Gasteiger charge is 2.60. The molecule has 154 valence electrons. The highest BCUT2D eigenvalue weighted by molar-refractivity contribution is 7.89. The topological polar surface area (TPSA) is 62.7 Å². The predicted molar refractivity (Wildman–Crippen MR) is 97.6 cm³/mol. The lowest BCUT2D eigenvalue weighted by Gasteiger charge is -2.65. The van der Waals surface area contributed by atoms with E-state index < -0.39 is 16.4 Å². The second-order valence-corrected chi connectivity index (χ2v) is 11.0. The molecule has 3 saturated heterocycles. The fourth-order valence-electron chi connectivity index (χ4n) is 5.22. The summed E-state index contributed by atoms with van der Waals surface area (Å²) in [5, 5.41) is 0. The lowest BCUT2D eigenvalue weighted by molar-refractivity contribution is -0.211. The number of pyridine rings is 1. The Bertz CT molecular complexity index is 882. The van der Waals surface area contributed by atoms with Gasteiger partial charge in [0.15, 0.2) is 0 Å². The maximum Gasteiger partial charge on any atom is 0.280 e. The van der Waals surface area contributed by atoms with E-state index in [-0.39, 0.29) is 21.7 Å². The summed E-state index contributed by atoms with van der Waals surface area (Å²) in [5.41, 5.74) is 0.350. The lowest BCUT2D eigenvalue weighted by atomic mass is 9.61. The van der Waals surface area contributed by atoms with Crippen molar-refractivity contribution in [2.24, 2.45) is 10.8 Å². The summed E-state index contributed by atoms with van der Waals surface area (Å²) in [6.45, 7) is 6.43. The van der Waals surface area contributed by atoms with Crippen LogP contribution in [0.4, 0.5) is 8.78 Å². The minimum Gasteiger partial charge on any atom is -0.380 e. The van der Waals surface area contributed by atoms with Crippen LogP contribution in [0.3, 0.4) is 0 Å². The van der Waals surface area contributed by atoms with E-state index in [1.54, 1.807) is 6.92 Å². The number of rotatable bonds is 5. The molecular formula is C19H25F2N3O3S. The zero-order chi connectivity index (χ0) is 19.7. The fraction of sp³-hybridized carbons (Fsp3) is 0.737. The first kappa shape index (κ1) is 18.8. The normalized spacial score (nSPS) is 26.7. The first-order valence-corrected chi connectivity index (χ1v) is 11.3. The minimum absolute atomic E-state index is 0.0641. The van der Waals surface area contributed by atoms with E-state index in [4.69, 9.17) is 4.74 Å². The highest BCUT2D eigenvalue weighted by atomic mass is 32.2. The SMILES string of the molecule is CCc1nc(C(F)F)ccc1S(=O)(=O)N1CC2(CN(C3CC4(COC4)C3)C2)C1. The number of sulfonamides is 1. The van der Waals surface area contributed by atoms with Crippen LogP contribution in [-0.2, 0) is 21.2 Å². The summed E-state index contributed by atoms with van der Waals surface area (Å²) in [4.78, 5) is 6.42. The summed E-state index contributed by atoms with van der Waals surface area (Å²) >= 11 is 0. The second-order valence-electron chi connectivity index (χ2n) is 9.07. The first-order valence-electron chi connectivity index (χ1n) is 9.86. The molecule has 1 aliphatic carbocycles. The first-order chi connectivity index (χ1) is 13.3. The number of ether oxygens (including phenoxy) is 1. The van der Waals surface area contributed by atoms with Gasteiger partial charge in [-0.05, 0) is 31.4 Å². The maximum atomic E-state index is 13.0. The van der Waals surface area contributed by atoms with Gasteiger partial charge in [-0.1, -0.05) is 6.92 Å². The number of hydrogen-bond acceptors (Lipinski definition) is 5. The molecule has 0 aromatic carbocycles. The molecule has 0 unspecified atom stereocenters. The number of halogens is 2. The van der Waals surface area contributed by atoms with Crippen LogP contribution < -0.4 is 0 Å². The standard InChI is InChI=1S/C19H25F2N3O3S/c1-2-14-16(4-3-15(22-14)17(20)21)28(25,26)24-9-19(10-24)7-23(8-19)13-5-18(6-13)11-27-12-18/h3-4,13,17H,2,5-12H2,1H3. The fourth-order valence-corrected chi connectivity index (χ4v) is 7.12. The average Bonchev–Trinajstić information content (AvgIpc) is 2.51. The molecule has 2 spiro atoms. The number of likely N-dealkylation sites (tertiary alicyclic amines) is 1. The molecule has 1 saturated carbocycles. The van der Waals surface area contributed by atoms with Crippen molar-refractivity contribution in [3.8, 4) is 0 Å². The van der Waals surface area contributed by atoms with Crippen molar-refractivity contribution in [3.63, 3.8) is 0 Å². The minimum atomic E-state index is -3.69. The molecule has 3 aliphatic heterocycles. The van der Waals surface area contributed by atoms with E-state index >= 15 is 0 Å². The van der Waals surface area contributed by atoms with E-state index in [1.807, 2.05) is 0 Å². The maximum absolute atomic E-state index is 13.0. The van der Waals surface area contributed by atoms with Crippen molar-refractivity contribution in [2.45, 2.75) is 43.5 Å². The Kier molecular flexibility index (Phi) is 4.15. The molecule has 6 nitrogen and oxygen atoms in total. The molecule has 0 N–H and O–H groups in total. The van der Waals surface area contributed by atoms with Gasteiger partial charge in [0.05, 0.1) is 18.9 Å². The molecule has 9 heteroatoms. The van der Waals surface area contributed by atoms with Crippen LogP contribution in [0.1, 0.15) is 37.6 Å². The Morgan fingerprint density at radius 3 is 2.39 bits per heavy atom. The molecule has 4 aliphatic rings. The molecule has 1 aromatic heterocycles. The molecule has 4 fully saturated rings. The summed E-state index contributed by atoms with van der Waals surface area (Å²) < 4.78 is 58.5. The molecule has 0 atom stereocenters. The zero-order valence-electron chi connectivity index (χ0n) is 15.9. The van der Waals surface area contributed by atoms with E-state index in [2.05, 4.69) is 9.88 Å². The van der Waals surface area contributed by atoms with Crippen LogP contribution in [0.5, 0.6) is 0 Å². The summed E-state index contributed by atoms with van der Waals surface area (Å²) in [5.74, 6) is 0. The van der Waals surface area contributed by atoms with Gasteiger partial charge in [-0.3, -0.25) is 9.88 Å². The van der Waals surface area contributed by atoms with Crippen molar-refractivity contribution in [1.29, 1.82) is 0 Å². The van der Waals surface area contributed by atoms with Gasteiger partial charge in [0, 0.05) is 43.1 Å². The Labute approximate surface area is 163 Å². The quantitative estimate of drug-likeness (QED) is 0.740. The van der Waals surface area contributed by atoms with Gasteiger partial charge in [0.1, 0.15) is 10.6 Å². The third kappa shape index (κ3) is 2.74. The van der Waals surface area contributed by atoms with Gasteiger partial charge in [0.2, 0.25) is 10.0 Å². The Balaban J connectivity index is 1.21. The summed E-state index contributed by atoms with van der Waals surface area (Å²) in [6, 6.07) is 3.03. The zero-order valence-corrected chi connectivity index (χ0v) is 16.7. The van der Waals surface area contributed by atoms with Crippen LogP contribution in [0, 0.1) is 10.8 Å². The van der Waals surface area contributed by atoms with Crippen LogP contribution >= 0.6 is 0 Å². The van der Waals surface area contributed by atoms with Crippen LogP contribution in [0.2, 0.25) is 0 Å². The highest BCUT2D eigenvalue weighted by Crippen LogP contribution is 2.53. The van der Waals surface area contributed by atoms with Crippen LogP contribution in [-0.4, -0.2) is 68.0 Å². The number of aryl methyl sites for hydroxylation is 1. The van der Waals surface area contributed by atoms with Crippen LogP contribution in [0.15, 0.2) is 17.0 Å². The lowest BCUT2D eigenvalue weighted by Crippen LogP contribution is -2.76. The van der Waals surface area contributed by atoms with Gasteiger partial charge in [0.25, 0.3) is 6.43 Å². The number of alkyl halides is 2. The van der Waals surface area contributed by atoms with Crippen molar-refractivity contribution >= 4 is 10.0 Å². The molecule has 0 amide bonds. The predicted octanol–water partition coefficient (Wildman–Crippen LogP) is 2.07. The van der Waals surface area contributed by atoms with Crippen molar-refractivity contribution in [2.75, 3.05) is 39.4 Å². The van der Waals surface area contributed by atoms with E-state index in [0.29, 0.717) is 31.0 Å². The number of aromatic nitrogens is 1. The van der Waals surface area contributed by atoms with Gasteiger partial charge in [-0.25, -0.2) is 17.2 Å². The molecule has 5 rings (SSSR count). The van der Waals surface area contributed by atoms with Crippen molar-refractivity contribution in [1.82, 2.24) is 14.2 Å². The molecule has 1 aromatic rings. The van der Waals surface area contributed by atoms with Gasteiger partial charge in [-0.2, -0.15) is 4.31 Å². The monoisotopic (exact) mass is 413 g/mol. The largest absolute Gasteiger partial charge is 0.380 e.